The number of benzene rings is 3. The molecule has 0 radical (unpaired) electrons. The molecule has 3 aromatic carbocycles. The lowest BCUT2D eigenvalue weighted by molar-refractivity contribution is 1.36. The molecule has 4 aromatic rings. The monoisotopic (exact) mass is 248 g/mol. The van der Waals surface area contributed by atoms with Crippen LogP contribution in [0.15, 0.2) is 42.5 Å². The van der Waals surface area contributed by atoms with Crippen LogP contribution < -0.4 is 11.5 Å². The Morgan fingerprint density at radius 1 is 0.842 bits per heavy atom. The summed E-state index contributed by atoms with van der Waals surface area (Å²) in [5.74, 6) is 0.413. The van der Waals surface area contributed by atoms with Crippen LogP contribution in [0, 0.1) is 0 Å². The number of nitrogen functional groups attached to an aromatic ring is 2. The van der Waals surface area contributed by atoms with E-state index in [2.05, 4.69) is 28.2 Å². The fourth-order valence-electron chi connectivity index (χ4n) is 2.76. The zero-order valence-corrected chi connectivity index (χ0v) is 10.1. The predicted molar refractivity (Wildman–Crippen MR) is 79.9 cm³/mol. The van der Waals surface area contributed by atoms with E-state index in [1.807, 2.05) is 24.3 Å². The maximum absolute atomic E-state index is 6.13. The third-order valence-corrected chi connectivity index (χ3v) is 3.54. The maximum atomic E-state index is 6.13. The van der Waals surface area contributed by atoms with Crippen LogP contribution in [0.5, 0.6) is 0 Å². The minimum Gasteiger partial charge on any atom is -0.398 e. The molecule has 19 heavy (non-hydrogen) atoms. The molecule has 0 aliphatic heterocycles. The van der Waals surface area contributed by atoms with E-state index in [4.69, 9.17) is 11.5 Å². The number of nitrogens with one attached hydrogen (secondary N) is 1. The van der Waals surface area contributed by atoms with Gasteiger partial charge < -0.3 is 16.5 Å². The number of rotatable bonds is 0. The minimum atomic E-state index is 0.413. The highest BCUT2D eigenvalue weighted by Gasteiger charge is 2.13. The molecular formula is C15H12N4. The summed E-state index contributed by atoms with van der Waals surface area (Å²) in [7, 11) is 0. The molecule has 0 aliphatic carbocycles. The van der Waals surface area contributed by atoms with E-state index in [1.54, 1.807) is 0 Å². The molecule has 4 rings (SSSR count). The van der Waals surface area contributed by atoms with Crippen LogP contribution >= 0.6 is 0 Å². The average molecular weight is 248 g/mol. The number of anilines is 2. The standard InChI is InChI=1S/C15H12N4/c16-11-7-3-6-9-8-4-1-2-5-10(8)13-14(12(9)11)19-15(17)18-13/h1-7H,16H2,(H3,17,18,19). The Labute approximate surface area is 109 Å². The van der Waals surface area contributed by atoms with Gasteiger partial charge in [0.15, 0.2) is 5.95 Å². The Morgan fingerprint density at radius 3 is 2.42 bits per heavy atom. The van der Waals surface area contributed by atoms with Gasteiger partial charge in [-0.15, -0.1) is 0 Å². The van der Waals surface area contributed by atoms with E-state index in [1.165, 1.54) is 0 Å². The molecule has 5 N–H and O–H groups in total. The number of imidazole rings is 1. The van der Waals surface area contributed by atoms with E-state index >= 15 is 0 Å². The SMILES string of the molecule is Nc1nc2c([nH]1)c1ccccc1c1cccc(N)c12. The fraction of sp³-hybridized carbons (Fsp3) is 0. The van der Waals surface area contributed by atoms with Crippen molar-refractivity contribution >= 4 is 44.2 Å². The number of hydrogen-bond donors (Lipinski definition) is 3. The van der Waals surface area contributed by atoms with E-state index in [0.717, 1.165) is 38.3 Å². The Balaban J connectivity index is 2.47. The highest BCUT2D eigenvalue weighted by atomic mass is 15.0. The fourth-order valence-corrected chi connectivity index (χ4v) is 2.76. The van der Waals surface area contributed by atoms with Gasteiger partial charge in [-0.1, -0.05) is 36.4 Å². The molecule has 0 fully saturated rings. The van der Waals surface area contributed by atoms with Crippen molar-refractivity contribution in [1.29, 1.82) is 0 Å². The summed E-state index contributed by atoms with van der Waals surface area (Å²) in [6.45, 7) is 0. The lowest BCUT2D eigenvalue weighted by Crippen LogP contribution is -1.89. The number of fused-ring (bicyclic) bond motifs is 6. The van der Waals surface area contributed by atoms with Crippen LogP contribution in [-0.2, 0) is 0 Å². The molecule has 1 aromatic heterocycles. The van der Waals surface area contributed by atoms with Gasteiger partial charge in [0, 0.05) is 16.5 Å². The van der Waals surface area contributed by atoms with Gasteiger partial charge in [0.1, 0.15) is 5.52 Å². The van der Waals surface area contributed by atoms with Gasteiger partial charge in [0.25, 0.3) is 0 Å². The second-order valence-electron chi connectivity index (χ2n) is 4.66. The minimum absolute atomic E-state index is 0.413. The zero-order chi connectivity index (χ0) is 13.0. The highest BCUT2D eigenvalue weighted by molar-refractivity contribution is 6.26. The van der Waals surface area contributed by atoms with Crippen LogP contribution in [0.4, 0.5) is 11.6 Å². The average Bonchev–Trinajstić information content (AvgIpc) is 2.81. The zero-order valence-electron chi connectivity index (χ0n) is 10.1. The summed E-state index contributed by atoms with van der Waals surface area (Å²) >= 11 is 0. The van der Waals surface area contributed by atoms with Crippen molar-refractivity contribution in [2.45, 2.75) is 0 Å². The molecule has 0 aliphatic rings. The van der Waals surface area contributed by atoms with Crippen molar-refractivity contribution in [3.8, 4) is 0 Å². The summed E-state index contributed by atoms with van der Waals surface area (Å²) in [6.07, 6.45) is 0. The van der Waals surface area contributed by atoms with Gasteiger partial charge in [-0.25, -0.2) is 4.98 Å². The molecule has 0 atom stereocenters. The van der Waals surface area contributed by atoms with Gasteiger partial charge in [0.05, 0.1) is 5.52 Å². The maximum Gasteiger partial charge on any atom is 0.198 e. The number of H-pyrrole nitrogens is 1. The lowest BCUT2D eigenvalue weighted by atomic mass is 9.99. The summed E-state index contributed by atoms with van der Waals surface area (Å²) in [4.78, 5) is 7.53. The number of aromatic nitrogens is 2. The summed E-state index contributed by atoms with van der Waals surface area (Å²) < 4.78 is 0. The quantitative estimate of drug-likeness (QED) is 0.330. The molecule has 0 unspecified atom stereocenters. The smallest absolute Gasteiger partial charge is 0.198 e. The van der Waals surface area contributed by atoms with Gasteiger partial charge >= 0.3 is 0 Å². The van der Waals surface area contributed by atoms with Gasteiger partial charge in [0.2, 0.25) is 0 Å². The molecule has 0 saturated carbocycles. The van der Waals surface area contributed by atoms with Gasteiger partial charge in [-0.3, -0.25) is 0 Å². The van der Waals surface area contributed by atoms with E-state index in [9.17, 15) is 0 Å². The normalized spacial score (nSPS) is 11.6. The van der Waals surface area contributed by atoms with Crippen molar-refractivity contribution in [2.75, 3.05) is 11.5 Å². The number of aromatic amines is 1. The molecular weight excluding hydrogens is 236 g/mol. The van der Waals surface area contributed by atoms with Crippen molar-refractivity contribution in [2.24, 2.45) is 0 Å². The number of nitrogens with two attached hydrogens (primary N) is 2. The second kappa shape index (κ2) is 3.38. The van der Waals surface area contributed by atoms with Crippen molar-refractivity contribution in [3.63, 3.8) is 0 Å². The van der Waals surface area contributed by atoms with E-state index in [0.29, 0.717) is 5.95 Å². The van der Waals surface area contributed by atoms with Crippen LogP contribution in [0.1, 0.15) is 0 Å². The lowest BCUT2D eigenvalue weighted by Gasteiger charge is -2.07. The predicted octanol–water partition coefficient (Wildman–Crippen LogP) is 3.03. The van der Waals surface area contributed by atoms with Crippen LogP contribution in [0.3, 0.4) is 0 Å². The molecule has 0 saturated heterocycles. The molecule has 4 nitrogen and oxygen atoms in total. The number of hydrogen-bond acceptors (Lipinski definition) is 3. The molecule has 0 spiro atoms. The van der Waals surface area contributed by atoms with Crippen LogP contribution in [-0.4, -0.2) is 9.97 Å². The van der Waals surface area contributed by atoms with Crippen LogP contribution in [0.2, 0.25) is 0 Å². The largest absolute Gasteiger partial charge is 0.398 e. The topological polar surface area (TPSA) is 80.7 Å². The second-order valence-corrected chi connectivity index (χ2v) is 4.66. The third kappa shape index (κ3) is 1.25. The van der Waals surface area contributed by atoms with Crippen molar-refractivity contribution in [1.82, 2.24) is 9.97 Å². The first kappa shape index (κ1) is 10.2. The first-order valence-electron chi connectivity index (χ1n) is 6.10. The summed E-state index contributed by atoms with van der Waals surface area (Å²) in [6, 6.07) is 14.1. The first-order chi connectivity index (χ1) is 9.25. The Morgan fingerprint density at radius 2 is 1.58 bits per heavy atom. The van der Waals surface area contributed by atoms with Crippen molar-refractivity contribution < 1.29 is 0 Å². The highest BCUT2D eigenvalue weighted by Crippen LogP contribution is 2.36. The Hall–Kier alpha value is -2.75. The summed E-state index contributed by atoms with van der Waals surface area (Å²) in [5, 5.41) is 4.33. The van der Waals surface area contributed by atoms with Gasteiger partial charge in [-0.05, 0) is 16.8 Å². The first-order valence-corrected chi connectivity index (χ1v) is 6.10. The van der Waals surface area contributed by atoms with Crippen LogP contribution in [0.25, 0.3) is 32.6 Å². The van der Waals surface area contributed by atoms with E-state index in [-0.39, 0.29) is 0 Å². The Kier molecular flexibility index (Phi) is 1.82. The molecule has 4 heteroatoms. The van der Waals surface area contributed by atoms with Gasteiger partial charge in [-0.2, -0.15) is 0 Å². The molecule has 0 amide bonds. The summed E-state index contributed by atoms with van der Waals surface area (Å²) in [5.41, 5.74) is 14.4. The molecule has 0 bridgehead atoms. The third-order valence-electron chi connectivity index (χ3n) is 3.54. The number of nitrogens with zero attached hydrogens (tertiary/aromatic N) is 1. The Bertz CT molecular complexity index is 937. The molecule has 1 heterocycles. The van der Waals surface area contributed by atoms with E-state index < -0.39 is 0 Å². The van der Waals surface area contributed by atoms with Crippen molar-refractivity contribution in [3.05, 3.63) is 42.5 Å². The molecule has 92 valence electrons.